The molecule has 0 aliphatic carbocycles. The zero-order valence-electron chi connectivity index (χ0n) is 27.9. The molecule has 0 radical (unpaired) electrons. The Balaban J connectivity index is 1.83. The van der Waals surface area contributed by atoms with Gasteiger partial charge in [-0.25, -0.2) is 12.8 Å². The normalized spacial score (nSPS) is 12.5. The second kappa shape index (κ2) is 16.3. The summed E-state index contributed by atoms with van der Waals surface area (Å²) in [5.41, 5.74) is 2.64. The van der Waals surface area contributed by atoms with Crippen molar-refractivity contribution in [2.24, 2.45) is 0 Å². The van der Waals surface area contributed by atoms with Gasteiger partial charge < -0.3 is 19.7 Å². The third-order valence-corrected chi connectivity index (χ3v) is 9.81. The molecule has 11 heteroatoms. The molecule has 4 aromatic carbocycles. The van der Waals surface area contributed by atoms with Gasteiger partial charge in [0.15, 0.2) is 11.5 Å². The third kappa shape index (κ3) is 8.92. The number of carbonyl (C=O) groups is 2. The van der Waals surface area contributed by atoms with E-state index >= 15 is 0 Å². The Morgan fingerprint density at radius 1 is 0.854 bits per heavy atom. The number of hydrogen-bond donors (Lipinski definition) is 1. The molecule has 9 nitrogen and oxygen atoms in total. The summed E-state index contributed by atoms with van der Waals surface area (Å²) in [6.07, 6.45) is 0.872. The molecule has 0 aliphatic heterocycles. The number of carbonyl (C=O) groups excluding carboxylic acids is 2. The summed E-state index contributed by atoms with van der Waals surface area (Å²) >= 11 is 0. The van der Waals surface area contributed by atoms with Gasteiger partial charge in [0, 0.05) is 25.1 Å². The highest BCUT2D eigenvalue weighted by atomic mass is 32.2. The molecule has 0 spiro atoms. The second-order valence-electron chi connectivity index (χ2n) is 11.5. The van der Waals surface area contributed by atoms with Gasteiger partial charge in [-0.1, -0.05) is 67.1 Å². The maximum Gasteiger partial charge on any atom is 0.264 e. The van der Waals surface area contributed by atoms with Crippen LogP contribution in [0.15, 0.2) is 102 Å². The Labute approximate surface area is 282 Å². The Morgan fingerprint density at radius 2 is 1.52 bits per heavy atom. The molecule has 0 saturated heterocycles. The number of amides is 2. The van der Waals surface area contributed by atoms with Crippen LogP contribution in [-0.4, -0.2) is 58.0 Å². The van der Waals surface area contributed by atoms with Gasteiger partial charge in [0.05, 0.1) is 24.8 Å². The molecule has 2 atom stereocenters. The minimum Gasteiger partial charge on any atom is -0.493 e. The standard InChI is InChI=1S/C37H42FN3O6S/c1-6-27(3)39-37(43)33(22-28-12-8-7-9-13-28)40(24-29-14-10-11-26(2)21-29)36(42)25-41(31-17-15-30(38)16-18-31)48(44,45)32-19-20-34(46-4)35(23-32)47-5/h7-21,23,27,33H,6,22,24-25H2,1-5H3,(H,39,43). The van der Waals surface area contributed by atoms with Crippen LogP contribution in [0.25, 0.3) is 0 Å². The Bertz CT molecular complexity index is 1800. The summed E-state index contributed by atoms with van der Waals surface area (Å²) in [5.74, 6) is -1.05. The van der Waals surface area contributed by atoms with Crippen LogP contribution in [0, 0.1) is 12.7 Å². The maximum absolute atomic E-state index is 14.6. The Morgan fingerprint density at radius 3 is 2.15 bits per heavy atom. The molecule has 2 amide bonds. The third-order valence-electron chi connectivity index (χ3n) is 8.04. The highest BCUT2D eigenvalue weighted by molar-refractivity contribution is 7.92. The van der Waals surface area contributed by atoms with E-state index in [2.05, 4.69) is 5.32 Å². The van der Waals surface area contributed by atoms with E-state index in [0.29, 0.717) is 12.2 Å². The molecular formula is C37H42FN3O6S. The van der Waals surface area contributed by atoms with Crippen LogP contribution in [0.1, 0.15) is 37.0 Å². The lowest BCUT2D eigenvalue weighted by atomic mass is 10.0. The van der Waals surface area contributed by atoms with E-state index in [1.807, 2.05) is 75.4 Å². The van der Waals surface area contributed by atoms with Gasteiger partial charge in [-0.15, -0.1) is 0 Å². The van der Waals surface area contributed by atoms with Gasteiger partial charge >= 0.3 is 0 Å². The smallest absolute Gasteiger partial charge is 0.264 e. The van der Waals surface area contributed by atoms with Crippen LogP contribution >= 0.6 is 0 Å². The van der Waals surface area contributed by atoms with Crippen LogP contribution in [0.2, 0.25) is 0 Å². The van der Waals surface area contributed by atoms with Crippen LogP contribution in [-0.2, 0) is 32.6 Å². The van der Waals surface area contributed by atoms with Crippen molar-refractivity contribution in [3.8, 4) is 11.5 Å². The fraction of sp³-hybridized carbons (Fsp3) is 0.297. The first kappa shape index (κ1) is 35.9. The first-order valence-electron chi connectivity index (χ1n) is 15.7. The number of halogens is 1. The highest BCUT2D eigenvalue weighted by Crippen LogP contribution is 2.32. The molecule has 48 heavy (non-hydrogen) atoms. The Kier molecular flexibility index (Phi) is 12.2. The zero-order chi connectivity index (χ0) is 34.8. The van der Waals surface area contributed by atoms with Gasteiger partial charge in [-0.2, -0.15) is 0 Å². The fourth-order valence-electron chi connectivity index (χ4n) is 5.24. The van der Waals surface area contributed by atoms with Gasteiger partial charge in [-0.3, -0.25) is 13.9 Å². The van der Waals surface area contributed by atoms with Gasteiger partial charge in [-0.05, 0) is 67.8 Å². The molecule has 0 aromatic heterocycles. The van der Waals surface area contributed by atoms with Crippen LogP contribution in [0.4, 0.5) is 10.1 Å². The summed E-state index contributed by atoms with van der Waals surface area (Å²) < 4.78 is 54.2. The van der Waals surface area contributed by atoms with Gasteiger partial charge in [0.25, 0.3) is 10.0 Å². The molecular weight excluding hydrogens is 633 g/mol. The van der Waals surface area contributed by atoms with Crippen molar-refractivity contribution in [3.63, 3.8) is 0 Å². The summed E-state index contributed by atoms with van der Waals surface area (Å²) in [4.78, 5) is 29.8. The predicted molar refractivity (Wildman–Crippen MR) is 184 cm³/mol. The number of sulfonamides is 1. The van der Waals surface area contributed by atoms with Crippen LogP contribution in [0.5, 0.6) is 11.5 Å². The average Bonchev–Trinajstić information content (AvgIpc) is 3.09. The monoisotopic (exact) mass is 675 g/mol. The van der Waals surface area contributed by atoms with Crippen molar-refractivity contribution in [3.05, 3.63) is 120 Å². The molecule has 4 aromatic rings. The molecule has 254 valence electrons. The van der Waals surface area contributed by atoms with E-state index in [9.17, 15) is 22.4 Å². The topological polar surface area (TPSA) is 105 Å². The average molecular weight is 676 g/mol. The van der Waals surface area contributed by atoms with Crippen molar-refractivity contribution in [2.45, 2.75) is 57.1 Å². The molecule has 0 aliphatic rings. The molecule has 0 saturated carbocycles. The van der Waals surface area contributed by atoms with Crippen molar-refractivity contribution in [1.82, 2.24) is 10.2 Å². The first-order chi connectivity index (χ1) is 23.0. The van der Waals surface area contributed by atoms with E-state index in [4.69, 9.17) is 9.47 Å². The van der Waals surface area contributed by atoms with Crippen LogP contribution in [0.3, 0.4) is 0 Å². The second-order valence-corrected chi connectivity index (χ2v) is 13.4. The number of nitrogens with one attached hydrogen (secondary N) is 1. The molecule has 0 fully saturated rings. The van der Waals surface area contributed by atoms with E-state index < -0.39 is 34.3 Å². The van der Waals surface area contributed by atoms with Crippen molar-refractivity contribution in [1.29, 1.82) is 0 Å². The number of rotatable bonds is 15. The van der Waals surface area contributed by atoms with Crippen molar-refractivity contribution in [2.75, 3.05) is 25.1 Å². The molecule has 1 N–H and O–H groups in total. The fourth-order valence-corrected chi connectivity index (χ4v) is 6.67. The molecule has 2 unspecified atom stereocenters. The quantitative estimate of drug-likeness (QED) is 0.168. The SMILES string of the molecule is CCC(C)NC(=O)C(Cc1ccccc1)N(Cc1cccc(C)c1)C(=O)CN(c1ccc(F)cc1)S(=O)(=O)c1ccc(OC)c(OC)c1. The summed E-state index contributed by atoms with van der Waals surface area (Å²) in [6, 6.07) is 24.7. The number of nitrogens with zero attached hydrogens (tertiary/aromatic N) is 2. The lowest BCUT2D eigenvalue weighted by Crippen LogP contribution is -2.54. The molecule has 0 heterocycles. The predicted octanol–water partition coefficient (Wildman–Crippen LogP) is 5.90. The summed E-state index contributed by atoms with van der Waals surface area (Å²) in [6.45, 7) is 5.14. The Hall–Kier alpha value is -4.90. The van der Waals surface area contributed by atoms with E-state index in [1.54, 1.807) is 0 Å². The number of methoxy groups -OCH3 is 2. The lowest BCUT2D eigenvalue weighted by molar-refractivity contribution is -0.140. The molecule has 4 rings (SSSR count). The van der Waals surface area contributed by atoms with Crippen molar-refractivity contribution >= 4 is 27.5 Å². The summed E-state index contributed by atoms with van der Waals surface area (Å²) in [5, 5.41) is 3.02. The largest absolute Gasteiger partial charge is 0.493 e. The number of aryl methyl sites for hydroxylation is 1. The van der Waals surface area contributed by atoms with E-state index in [0.717, 1.165) is 33.1 Å². The number of ether oxygens (including phenoxy) is 2. The van der Waals surface area contributed by atoms with Crippen LogP contribution < -0.4 is 19.1 Å². The van der Waals surface area contributed by atoms with E-state index in [1.165, 1.54) is 49.5 Å². The lowest BCUT2D eigenvalue weighted by Gasteiger charge is -2.34. The van der Waals surface area contributed by atoms with Crippen molar-refractivity contribution < 1.29 is 31.9 Å². The minimum absolute atomic E-state index is 0.0413. The van der Waals surface area contributed by atoms with Gasteiger partial charge in [0.1, 0.15) is 18.4 Å². The first-order valence-corrected chi connectivity index (χ1v) is 17.1. The molecule has 0 bridgehead atoms. The highest BCUT2D eigenvalue weighted by Gasteiger charge is 2.35. The number of benzene rings is 4. The minimum atomic E-state index is -4.43. The van der Waals surface area contributed by atoms with Gasteiger partial charge in [0.2, 0.25) is 11.8 Å². The van der Waals surface area contributed by atoms with E-state index in [-0.39, 0.29) is 41.2 Å². The summed E-state index contributed by atoms with van der Waals surface area (Å²) in [7, 11) is -1.62. The number of hydrogen-bond acceptors (Lipinski definition) is 6. The number of anilines is 1. The maximum atomic E-state index is 14.6. The zero-order valence-corrected chi connectivity index (χ0v) is 28.7.